The quantitative estimate of drug-likeness (QED) is 0.741. The van der Waals surface area contributed by atoms with Crippen LogP contribution in [0, 0.1) is 20.8 Å². The predicted molar refractivity (Wildman–Crippen MR) is 99.8 cm³/mol. The molecular formula is C19H24ClN3. The molecule has 0 saturated heterocycles. The maximum atomic E-state index is 4.74. The van der Waals surface area contributed by atoms with Crippen LogP contribution in [0.5, 0.6) is 0 Å². The van der Waals surface area contributed by atoms with Gasteiger partial charge in [-0.2, -0.15) is 0 Å². The first kappa shape index (κ1) is 17.4. The highest BCUT2D eigenvalue weighted by molar-refractivity contribution is 5.85. The van der Waals surface area contributed by atoms with Gasteiger partial charge in [0.15, 0.2) is 5.65 Å². The van der Waals surface area contributed by atoms with Crippen LogP contribution >= 0.6 is 12.4 Å². The first-order valence-electron chi connectivity index (χ1n) is 7.87. The minimum Gasteiger partial charge on any atom is -0.378 e. The Bertz CT molecular complexity index is 801. The molecule has 0 aliphatic carbocycles. The Morgan fingerprint density at radius 3 is 2.39 bits per heavy atom. The summed E-state index contributed by atoms with van der Waals surface area (Å²) in [6, 6.07) is 10.6. The lowest BCUT2D eigenvalue weighted by atomic mass is 10.0. The number of anilines is 1. The zero-order chi connectivity index (χ0) is 15.7. The number of nitrogens with zero attached hydrogens (tertiary/aromatic N) is 2. The smallest absolute Gasteiger partial charge is 0.160 e. The van der Waals surface area contributed by atoms with Crippen molar-refractivity contribution in [3.05, 3.63) is 64.6 Å². The third kappa shape index (κ3) is 3.20. The first-order chi connectivity index (χ1) is 10.6. The van der Waals surface area contributed by atoms with Crippen LogP contribution in [0.2, 0.25) is 0 Å². The van der Waals surface area contributed by atoms with Gasteiger partial charge in [0, 0.05) is 18.4 Å². The van der Waals surface area contributed by atoms with Gasteiger partial charge in [-0.25, -0.2) is 4.98 Å². The van der Waals surface area contributed by atoms with E-state index in [0.717, 1.165) is 30.0 Å². The van der Waals surface area contributed by atoms with E-state index in [-0.39, 0.29) is 12.4 Å². The molecule has 0 spiro atoms. The fourth-order valence-electron chi connectivity index (χ4n) is 3.11. The second kappa shape index (κ2) is 7.05. The molecule has 0 bridgehead atoms. The Balaban J connectivity index is 0.00000192. The topological polar surface area (TPSA) is 29.3 Å². The monoisotopic (exact) mass is 329 g/mol. The summed E-state index contributed by atoms with van der Waals surface area (Å²) in [5.74, 6) is 0. The summed E-state index contributed by atoms with van der Waals surface area (Å²) in [5, 5.41) is 3.57. The number of benzene rings is 1. The van der Waals surface area contributed by atoms with Gasteiger partial charge in [-0.15, -0.1) is 12.4 Å². The van der Waals surface area contributed by atoms with E-state index >= 15 is 0 Å². The number of rotatable bonds is 4. The van der Waals surface area contributed by atoms with Crippen molar-refractivity contribution in [3.8, 4) is 0 Å². The van der Waals surface area contributed by atoms with E-state index < -0.39 is 0 Å². The maximum absolute atomic E-state index is 4.74. The fraction of sp³-hybridized carbons (Fsp3) is 0.316. The molecular weight excluding hydrogens is 306 g/mol. The zero-order valence-corrected chi connectivity index (χ0v) is 15.0. The molecule has 0 amide bonds. The number of aryl methyl sites for hydroxylation is 4. The van der Waals surface area contributed by atoms with Crippen molar-refractivity contribution in [1.82, 2.24) is 9.38 Å². The van der Waals surface area contributed by atoms with Crippen LogP contribution in [0.3, 0.4) is 0 Å². The van der Waals surface area contributed by atoms with Crippen LogP contribution in [0.4, 0.5) is 5.69 Å². The van der Waals surface area contributed by atoms with Gasteiger partial charge in [0.1, 0.15) is 0 Å². The van der Waals surface area contributed by atoms with Crippen LogP contribution < -0.4 is 5.32 Å². The van der Waals surface area contributed by atoms with Crippen LogP contribution in [0.1, 0.15) is 35.0 Å². The largest absolute Gasteiger partial charge is 0.378 e. The minimum absolute atomic E-state index is 0. The molecule has 4 heteroatoms. The average molecular weight is 330 g/mol. The van der Waals surface area contributed by atoms with Crippen LogP contribution in [-0.4, -0.2) is 9.38 Å². The molecule has 0 saturated carbocycles. The summed E-state index contributed by atoms with van der Waals surface area (Å²) < 4.78 is 2.20. The van der Waals surface area contributed by atoms with Gasteiger partial charge >= 0.3 is 0 Å². The van der Waals surface area contributed by atoms with Gasteiger partial charge in [-0.1, -0.05) is 25.1 Å². The van der Waals surface area contributed by atoms with E-state index in [1.54, 1.807) is 0 Å². The van der Waals surface area contributed by atoms with Crippen LogP contribution in [0.15, 0.2) is 36.5 Å². The van der Waals surface area contributed by atoms with Crippen molar-refractivity contribution in [2.24, 2.45) is 0 Å². The molecule has 2 aromatic heterocycles. The number of hydrogen-bond donors (Lipinski definition) is 1. The highest BCUT2D eigenvalue weighted by atomic mass is 35.5. The Morgan fingerprint density at radius 1 is 1.04 bits per heavy atom. The average Bonchev–Trinajstić information content (AvgIpc) is 2.82. The molecule has 0 radical (unpaired) electrons. The van der Waals surface area contributed by atoms with Gasteiger partial charge in [0.2, 0.25) is 0 Å². The lowest BCUT2D eigenvalue weighted by molar-refractivity contribution is 0.976. The van der Waals surface area contributed by atoms with E-state index in [4.69, 9.17) is 4.98 Å². The third-order valence-electron chi connectivity index (χ3n) is 4.38. The molecule has 3 aromatic rings. The number of nitrogens with one attached hydrogen (secondary N) is 1. The van der Waals surface area contributed by atoms with E-state index in [9.17, 15) is 0 Å². The summed E-state index contributed by atoms with van der Waals surface area (Å²) in [7, 11) is 0. The van der Waals surface area contributed by atoms with Crippen LogP contribution in [-0.2, 0) is 13.0 Å². The van der Waals surface area contributed by atoms with E-state index in [0.29, 0.717) is 0 Å². The number of fused-ring (bicyclic) bond motifs is 1. The number of hydrogen-bond acceptors (Lipinski definition) is 2. The third-order valence-corrected chi connectivity index (χ3v) is 4.38. The Hall–Kier alpha value is -2.00. The van der Waals surface area contributed by atoms with Gasteiger partial charge in [-0.05, 0) is 56.0 Å². The van der Waals surface area contributed by atoms with Gasteiger partial charge in [-0.3, -0.25) is 0 Å². The molecule has 0 aliphatic rings. The molecule has 23 heavy (non-hydrogen) atoms. The highest BCUT2D eigenvalue weighted by Crippen LogP contribution is 2.22. The molecule has 0 atom stereocenters. The Labute approximate surface area is 144 Å². The summed E-state index contributed by atoms with van der Waals surface area (Å²) >= 11 is 0. The van der Waals surface area contributed by atoms with Crippen molar-refractivity contribution in [1.29, 1.82) is 0 Å². The Kier molecular flexibility index (Phi) is 5.32. The number of aromatic nitrogens is 2. The highest BCUT2D eigenvalue weighted by Gasteiger charge is 2.10. The van der Waals surface area contributed by atoms with Crippen molar-refractivity contribution in [2.75, 3.05) is 5.32 Å². The lowest BCUT2D eigenvalue weighted by Gasteiger charge is -2.12. The van der Waals surface area contributed by atoms with Crippen molar-refractivity contribution in [2.45, 2.75) is 40.7 Å². The standard InChI is InChI=1S/C19H23N3.ClH/c1-5-18-15(4)21-19-17(10-7-11-22(18)19)20-12-16-13(2)8-6-9-14(16)3;/h6-11,20H,5,12H2,1-4H3;1H. The molecule has 1 aromatic carbocycles. The summed E-state index contributed by atoms with van der Waals surface area (Å²) in [5.41, 5.74) is 8.52. The van der Waals surface area contributed by atoms with Crippen molar-refractivity contribution < 1.29 is 0 Å². The number of pyridine rings is 1. The first-order valence-corrected chi connectivity index (χ1v) is 7.87. The second-order valence-electron chi connectivity index (χ2n) is 5.84. The Morgan fingerprint density at radius 2 is 1.74 bits per heavy atom. The van der Waals surface area contributed by atoms with E-state index in [1.165, 1.54) is 22.4 Å². The summed E-state index contributed by atoms with van der Waals surface area (Å²) in [4.78, 5) is 4.74. The minimum atomic E-state index is 0. The number of imidazole rings is 1. The normalized spacial score (nSPS) is 10.6. The maximum Gasteiger partial charge on any atom is 0.160 e. The molecule has 2 heterocycles. The molecule has 3 nitrogen and oxygen atoms in total. The lowest BCUT2D eigenvalue weighted by Crippen LogP contribution is -2.05. The second-order valence-corrected chi connectivity index (χ2v) is 5.84. The van der Waals surface area contributed by atoms with Gasteiger partial charge in [0.05, 0.1) is 11.4 Å². The zero-order valence-electron chi connectivity index (χ0n) is 14.2. The van der Waals surface area contributed by atoms with Crippen molar-refractivity contribution >= 4 is 23.7 Å². The number of halogens is 1. The molecule has 0 aliphatic heterocycles. The molecule has 3 rings (SSSR count). The SMILES string of the molecule is CCc1c(C)nc2c(NCc3c(C)cccc3C)cccn12.Cl. The molecule has 122 valence electrons. The van der Waals surface area contributed by atoms with Crippen LogP contribution in [0.25, 0.3) is 5.65 Å². The van der Waals surface area contributed by atoms with Gasteiger partial charge in [0.25, 0.3) is 0 Å². The van der Waals surface area contributed by atoms with Crippen molar-refractivity contribution in [3.63, 3.8) is 0 Å². The molecule has 1 N–H and O–H groups in total. The summed E-state index contributed by atoms with van der Waals surface area (Å²) in [6.45, 7) is 9.42. The predicted octanol–water partition coefficient (Wildman–Crippen LogP) is 4.86. The molecule has 0 fully saturated rings. The summed E-state index contributed by atoms with van der Waals surface area (Å²) in [6.07, 6.45) is 3.09. The van der Waals surface area contributed by atoms with E-state index in [1.807, 2.05) is 0 Å². The fourth-order valence-corrected chi connectivity index (χ4v) is 3.11. The van der Waals surface area contributed by atoms with Gasteiger partial charge < -0.3 is 9.72 Å². The van der Waals surface area contributed by atoms with E-state index in [2.05, 4.69) is 73.9 Å². The molecule has 0 unspecified atom stereocenters.